The van der Waals surface area contributed by atoms with Crippen molar-refractivity contribution in [2.45, 2.75) is 6.61 Å². The van der Waals surface area contributed by atoms with Crippen molar-refractivity contribution in [3.8, 4) is 23.3 Å². The molecule has 168 valence electrons. The predicted octanol–water partition coefficient (Wildman–Crippen LogP) is 6.24. The first-order chi connectivity index (χ1) is 15.9. The van der Waals surface area contributed by atoms with Crippen LogP contribution in [0.25, 0.3) is 6.08 Å². The fraction of sp³-hybridized carbons (Fsp3) is 0.120. The standard InChI is InChI=1S/C25H20BrClN2O4/c1-31-21-9-7-20(8-10-21)29-25(30)18(14-28)11-17-12-23(32-2)24(13-22(17)26)33-15-16-3-5-19(27)6-4-16/h3-13H,15H2,1-2H3,(H,29,30)/b18-11-. The molecule has 3 aromatic rings. The number of anilines is 1. The number of nitriles is 1. The molecule has 0 bridgehead atoms. The molecule has 0 atom stereocenters. The summed E-state index contributed by atoms with van der Waals surface area (Å²) >= 11 is 9.40. The Morgan fingerprint density at radius 1 is 1.06 bits per heavy atom. The molecule has 1 N–H and O–H groups in total. The first-order valence-corrected chi connectivity index (χ1v) is 10.9. The van der Waals surface area contributed by atoms with Gasteiger partial charge in [-0.2, -0.15) is 5.26 Å². The van der Waals surface area contributed by atoms with Crippen LogP contribution >= 0.6 is 27.5 Å². The third-order valence-electron chi connectivity index (χ3n) is 4.60. The number of hydrogen-bond acceptors (Lipinski definition) is 5. The number of benzene rings is 3. The van der Waals surface area contributed by atoms with Crippen molar-refractivity contribution in [3.63, 3.8) is 0 Å². The molecule has 33 heavy (non-hydrogen) atoms. The molecule has 0 aromatic heterocycles. The summed E-state index contributed by atoms with van der Waals surface area (Å²) in [7, 11) is 3.08. The van der Waals surface area contributed by atoms with Gasteiger partial charge in [0, 0.05) is 15.2 Å². The third kappa shape index (κ3) is 6.51. The number of hydrogen-bond donors (Lipinski definition) is 1. The van der Waals surface area contributed by atoms with E-state index in [0.29, 0.717) is 44.6 Å². The van der Waals surface area contributed by atoms with Crippen LogP contribution in [0, 0.1) is 11.3 Å². The maximum Gasteiger partial charge on any atom is 0.266 e. The molecule has 0 saturated heterocycles. The average Bonchev–Trinajstić information content (AvgIpc) is 2.83. The second-order valence-electron chi connectivity index (χ2n) is 6.79. The van der Waals surface area contributed by atoms with Gasteiger partial charge < -0.3 is 19.5 Å². The zero-order valence-electron chi connectivity index (χ0n) is 17.9. The summed E-state index contributed by atoms with van der Waals surface area (Å²) in [6.45, 7) is 0.322. The summed E-state index contributed by atoms with van der Waals surface area (Å²) in [5.41, 5.74) is 2.02. The lowest BCUT2D eigenvalue weighted by molar-refractivity contribution is -0.112. The van der Waals surface area contributed by atoms with Crippen molar-refractivity contribution in [1.82, 2.24) is 0 Å². The van der Waals surface area contributed by atoms with Crippen LogP contribution in [0.15, 0.2) is 70.7 Å². The Hall–Kier alpha value is -3.47. The number of nitrogens with zero attached hydrogens (tertiary/aromatic N) is 1. The molecule has 3 aromatic carbocycles. The molecule has 6 nitrogen and oxygen atoms in total. The average molecular weight is 528 g/mol. The molecule has 0 heterocycles. The number of methoxy groups -OCH3 is 2. The van der Waals surface area contributed by atoms with E-state index in [1.165, 1.54) is 13.2 Å². The highest BCUT2D eigenvalue weighted by Gasteiger charge is 2.14. The molecule has 8 heteroatoms. The number of amides is 1. The highest BCUT2D eigenvalue weighted by molar-refractivity contribution is 9.10. The van der Waals surface area contributed by atoms with Crippen molar-refractivity contribution < 1.29 is 19.0 Å². The lowest BCUT2D eigenvalue weighted by Gasteiger charge is -2.13. The van der Waals surface area contributed by atoms with Crippen molar-refractivity contribution in [3.05, 3.63) is 86.9 Å². The Kier molecular flexibility index (Phi) is 8.36. The van der Waals surface area contributed by atoms with Crippen LogP contribution in [0.4, 0.5) is 5.69 Å². The zero-order chi connectivity index (χ0) is 23.8. The van der Waals surface area contributed by atoms with Gasteiger partial charge in [0.2, 0.25) is 0 Å². The van der Waals surface area contributed by atoms with Gasteiger partial charge in [-0.25, -0.2) is 0 Å². The van der Waals surface area contributed by atoms with E-state index in [2.05, 4.69) is 21.2 Å². The van der Waals surface area contributed by atoms with E-state index in [1.807, 2.05) is 18.2 Å². The Bertz CT molecular complexity index is 1200. The highest BCUT2D eigenvalue weighted by Crippen LogP contribution is 2.35. The van der Waals surface area contributed by atoms with Crippen LogP contribution in [0.2, 0.25) is 5.02 Å². The zero-order valence-corrected chi connectivity index (χ0v) is 20.2. The first-order valence-electron chi connectivity index (χ1n) is 9.75. The number of carbonyl (C=O) groups excluding carboxylic acids is 1. The van der Waals surface area contributed by atoms with Crippen LogP contribution in [-0.4, -0.2) is 20.1 Å². The normalized spacial score (nSPS) is 10.8. The van der Waals surface area contributed by atoms with Crippen LogP contribution in [0.1, 0.15) is 11.1 Å². The molecule has 1 amide bonds. The van der Waals surface area contributed by atoms with Gasteiger partial charge in [-0.3, -0.25) is 4.79 Å². The van der Waals surface area contributed by atoms with Crippen molar-refractivity contribution in [2.24, 2.45) is 0 Å². The molecular formula is C25H20BrClN2O4. The Labute approximate surface area is 205 Å². The van der Waals surface area contributed by atoms with Crippen LogP contribution in [-0.2, 0) is 11.4 Å². The second-order valence-corrected chi connectivity index (χ2v) is 8.08. The minimum atomic E-state index is -0.531. The van der Waals surface area contributed by atoms with E-state index in [-0.39, 0.29) is 5.57 Å². The van der Waals surface area contributed by atoms with Crippen molar-refractivity contribution >= 4 is 45.2 Å². The van der Waals surface area contributed by atoms with E-state index in [1.54, 1.807) is 55.6 Å². The topological polar surface area (TPSA) is 80.6 Å². The summed E-state index contributed by atoms with van der Waals surface area (Å²) in [6, 6.07) is 19.5. The molecule has 0 aliphatic heterocycles. The van der Waals surface area contributed by atoms with Gasteiger partial charge in [0.25, 0.3) is 5.91 Å². The van der Waals surface area contributed by atoms with E-state index in [9.17, 15) is 10.1 Å². The molecule has 0 spiro atoms. The van der Waals surface area contributed by atoms with Gasteiger partial charge in [0.15, 0.2) is 11.5 Å². The van der Waals surface area contributed by atoms with Gasteiger partial charge in [-0.05, 0) is 65.7 Å². The van der Waals surface area contributed by atoms with Gasteiger partial charge in [-0.15, -0.1) is 0 Å². The SMILES string of the molecule is COc1ccc(NC(=O)/C(C#N)=C\c2cc(OC)c(OCc3ccc(Cl)cc3)cc2Br)cc1. The van der Waals surface area contributed by atoms with Gasteiger partial charge in [0.05, 0.1) is 14.2 Å². The highest BCUT2D eigenvalue weighted by atomic mass is 79.9. The van der Waals surface area contributed by atoms with E-state index < -0.39 is 5.91 Å². The number of halogens is 2. The largest absolute Gasteiger partial charge is 0.497 e. The molecule has 3 rings (SSSR count). The number of rotatable bonds is 8. The van der Waals surface area contributed by atoms with Gasteiger partial charge >= 0.3 is 0 Å². The van der Waals surface area contributed by atoms with Crippen LogP contribution in [0.5, 0.6) is 17.2 Å². The van der Waals surface area contributed by atoms with E-state index in [4.69, 9.17) is 25.8 Å². The Balaban J connectivity index is 1.79. The maximum atomic E-state index is 12.6. The fourth-order valence-electron chi connectivity index (χ4n) is 2.85. The van der Waals surface area contributed by atoms with Crippen LogP contribution in [0.3, 0.4) is 0 Å². The Morgan fingerprint density at radius 2 is 1.76 bits per heavy atom. The molecule has 0 unspecified atom stereocenters. The van der Waals surface area contributed by atoms with Gasteiger partial charge in [0.1, 0.15) is 24.0 Å². The second kappa shape index (κ2) is 11.4. The summed E-state index contributed by atoms with van der Waals surface area (Å²) in [6.07, 6.45) is 1.48. The molecule has 0 saturated carbocycles. The summed E-state index contributed by atoms with van der Waals surface area (Å²) < 4.78 is 17.1. The smallest absolute Gasteiger partial charge is 0.266 e. The van der Waals surface area contributed by atoms with Crippen molar-refractivity contribution in [1.29, 1.82) is 5.26 Å². The number of carbonyl (C=O) groups is 1. The lowest BCUT2D eigenvalue weighted by Crippen LogP contribution is -2.13. The summed E-state index contributed by atoms with van der Waals surface area (Å²) in [5.74, 6) is 1.11. The molecule has 0 aliphatic carbocycles. The van der Waals surface area contributed by atoms with E-state index in [0.717, 1.165) is 5.56 Å². The van der Waals surface area contributed by atoms with Crippen LogP contribution < -0.4 is 19.5 Å². The molecule has 0 aliphatic rings. The number of nitrogens with one attached hydrogen (secondary N) is 1. The predicted molar refractivity (Wildman–Crippen MR) is 132 cm³/mol. The maximum absolute atomic E-state index is 12.6. The van der Waals surface area contributed by atoms with Gasteiger partial charge in [-0.1, -0.05) is 39.7 Å². The lowest BCUT2D eigenvalue weighted by atomic mass is 10.1. The monoisotopic (exact) mass is 526 g/mol. The summed E-state index contributed by atoms with van der Waals surface area (Å²) in [5, 5.41) is 12.9. The molecule has 0 fully saturated rings. The number of ether oxygens (including phenoxy) is 3. The fourth-order valence-corrected chi connectivity index (χ4v) is 3.42. The first kappa shape index (κ1) is 24.2. The molecule has 0 radical (unpaired) electrons. The third-order valence-corrected chi connectivity index (χ3v) is 5.54. The quantitative estimate of drug-likeness (QED) is 0.277. The Morgan fingerprint density at radius 3 is 2.36 bits per heavy atom. The molecular weight excluding hydrogens is 508 g/mol. The minimum absolute atomic E-state index is 0.0663. The van der Waals surface area contributed by atoms with Crippen molar-refractivity contribution in [2.75, 3.05) is 19.5 Å². The minimum Gasteiger partial charge on any atom is -0.497 e. The van der Waals surface area contributed by atoms with E-state index >= 15 is 0 Å². The summed E-state index contributed by atoms with van der Waals surface area (Å²) in [4.78, 5) is 12.6.